The van der Waals surface area contributed by atoms with E-state index in [1.54, 1.807) is 0 Å². The zero-order chi connectivity index (χ0) is 16.4. The van der Waals surface area contributed by atoms with Crippen molar-refractivity contribution in [2.24, 2.45) is 0 Å². The maximum atomic E-state index is 12.6. The van der Waals surface area contributed by atoms with Gasteiger partial charge in [0.15, 0.2) is 5.75 Å². The van der Waals surface area contributed by atoms with Crippen LogP contribution in [0.2, 0.25) is 0 Å². The van der Waals surface area contributed by atoms with E-state index in [2.05, 4.69) is 14.5 Å². The Morgan fingerprint density at radius 3 is 2.24 bits per heavy atom. The van der Waals surface area contributed by atoms with Crippen LogP contribution in [-0.2, 0) is 17.4 Å². The molecule has 0 saturated carbocycles. The molecule has 0 atom stereocenters. The summed E-state index contributed by atoms with van der Waals surface area (Å²) in [5.74, 6) is -3.98. The lowest BCUT2D eigenvalue weighted by molar-refractivity contribution is -0.275. The summed E-state index contributed by atoms with van der Waals surface area (Å²) in [6.07, 6.45) is -11.4. The fourth-order valence-corrected chi connectivity index (χ4v) is 1.36. The molecule has 118 valence electrons. The Hall–Kier alpha value is -2.20. The number of nitrogens with zero attached hydrogens (tertiary/aromatic N) is 1. The van der Waals surface area contributed by atoms with Gasteiger partial charge in [-0.3, -0.25) is 4.79 Å². The number of carboxylic acids is 1. The third-order valence-electron chi connectivity index (χ3n) is 2.06. The number of carbonyl (C=O) groups is 1. The number of methoxy groups -OCH3 is 1. The molecular weight excluding hydrogens is 312 g/mol. The molecule has 0 radical (unpaired) electrons. The van der Waals surface area contributed by atoms with Crippen molar-refractivity contribution in [3.8, 4) is 11.6 Å². The molecule has 0 aliphatic heterocycles. The SMILES string of the molecule is COc1nc(C(F)(F)F)cc(CC(=O)O)c1OC(F)(F)F. The highest BCUT2D eigenvalue weighted by molar-refractivity contribution is 5.72. The number of rotatable bonds is 4. The van der Waals surface area contributed by atoms with Gasteiger partial charge in [0.25, 0.3) is 5.88 Å². The number of alkyl halides is 6. The third-order valence-corrected chi connectivity index (χ3v) is 2.06. The summed E-state index contributed by atoms with van der Waals surface area (Å²) in [7, 11) is 0.774. The molecule has 11 heteroatoms. The highest BCUT2D eigenvalue weighted by Crippen LogP contribution is 2.38. The Bertz CT molecular complexity index is 540. The van der Waals surface area contributed by atoms with Crippen molar-refractivity contribution in [1.82, 2.24) is 4.98 Å². The molecule has 0 aliphatic rings. The van der Waals surface area contributed by atoms with E-state index in [1.165, 1.54) is 0 Å². The van der Waals surface area contributed by atoms with Gasteiger partial charge in [0.1, 0.15) is 5.69 Å². The Labute approximate surface area is 113 Å². The van der Waals surface area contributed by atoms with Gasteiger partial charge >= 0.3 is 18.5 Å². The normalized spacial score (nSPS) is 12.1. The Morgan fingerprint density at radius 2 is 1.86 bits per heavy atom. The average molecular weight is 319 g/mol. The van der Waals surface area contributed by atoms with Crippen molar-refractivity contribution in [2.45, 2.75) is 19.0 Å². The van der Waals surface area contributed by atoms with Gasteiger partial charge in [0.2, 0.25) is 0 Å². The van der Waals surface area contributed by atoms with Crippen LogP contribution in [0, 0.1) is 0 Å². The van der Waals surface area contributed by atoms with Gasteiger partial charge in [-0.2, -0.15) is 13.2 Å². The van der Waals surface area contributed by atoms with Crippen LogP contribution in [0.1, 0.15) is 11.3 Å². The summed E-state index contributed by atoms with van der Waals surface area (Å²) >= 11 is 0. The first-order valence-electron chi connectivity index (χ1n) is 5.06. The first-order chi connectivity index (χ1) is 9.44. The largest absolute Gasteiger partial charge is 0.573 e. The molecule has 0 aliphatic carbocycles. The predicted molar refractivity (Wildman–Crippen MR) is 53.8 cm³/mol. The van der Waals surface area contributed by atoms with Gasteiger partial charge in [-0.1, -0.05) is 0 Å². The Balaban J connectivity index is 3.47. The minimum Gasteiger partial charge on any atom is -0.481 e. The van der Waals surface area contributed by atoms with E-state index in [0.29, 0.717) is 0 Å². The van der Waals surface area contributed by atoms with Crippen LogP contribution in [0.15, 0.2) is 6.07 Å². The minimum absolute atomic E-state index is 0.164. The summed E-state index contributed by atoms with van der Waals surface area (Å²) in [6, 6.07) is 0.164. The Kier molecular flexibility index (Phi) is 4.54. The van der Waals surface area contributed by atoms with Crippen molar-refractivity contribution in [2.75, 3.05) is 7.11 Å². The van der Waals surface area contributed by atoms with E-state index < -0.39 is 47.8 Å². The number of hydrogen-bond donors (Lipinski definition) is 1. The zero-order valence-electron chi connectivity index (χ0n) is 10.2. The minimum atomic E-state index is -5.25. The number of ether oxygens (including phenoxy) is 2. The molecule has 0 bridgehead atoms. The summed E-state index contributed by atoms with van der Waals surface area (Å²) in [5.41, 5.74) is -2.45. The molecule has 1 aromatic heterocycles. The molecule has 1 rings (SSSR count). The monoisotopic (exact) mass is 319 g/mol. The quantitative estimate of drug-likeness (QED) is 0.864. The number of hydrogen-bond acceptors (Lipinski definition) is 4. The number of carboxylic acid groups (broad SMARTS) is 1. The molecule has 1 N–H and O–H groups in total. The molecule has 1 heterocycles. The molecule has 0 aromatic carbocycles. The summed E-state index contributed by atoms with van der Waals surface area (Å²) in [4.78, 5) is 13.4. The van der Waals surface area contributed by atoms with Crippen LogP contribution in [0.5, 0.6) is 11.6 Å². The predicted octanol–water partition coefficient (Wildman–Crippen LogP) is 2.63. The van der Waals surface area contributed by atoms with Crippen LogP contribution in [-0.4, -0.2) is 29.5 Å². The molecule has 0 fully saturated rings. The second kappa shape index (κ2) is 5.66. The highest BCUT2D eigenvalue weighted by atomic mass is 19.4. The molecule has 5 nitrogen and oxygen atoms in total. The van der Waals surface area contributed by atoms with Gasteiger partial charge in [-0.25, -0.2) is 4.98 Å². The standard InChI is InChI=1S/C10H7F6NO4/c1-20-8-7(21-10(14,15)16)4(3-6(18)19)2-5(17-8)9(11,12)13/h2H,3H2,1H3,(H,18,19). The lowest BCUT2D eigenvalue weighted by Gasteiger charge is -2.17. The molecule has 0 unspecified atom stereocenters. The number of halogens is 6. The van der Waals surface area contributed by atoms with Crippen LogP contribution in [0.4, 0.5) is 26.3 Å². The van der Waals surface area contributed by atoms with Crippen molar-refractivity contribution in [1.29, 1.82) is 0 Å². The average Bonchev–Trinajstić information content (AvgIpc) is 2.27. The fourth-order valence-electron chi connectivity index (χ4n) is 1.36. The van der Waals surface area contributed by atoms with E-state index in [-0.39, 0.29) is 6.07 Å². The second-order valence-electron chi connectivity index (χ2n) is 3.62. The maximum Gasteiger partial charge on any atom is 0.573 e. The van der Waals surface area contributed by atoms with Gasteiger partial charge in [-0.05, 0) is 6.07 Å². The van der Waals surface area contributed by atoms with Crippen LogP contribution in [0.3, 0.4) is 0 Å². The van der Waals surface area contributed by atoms with Crippen LogP contribution in [0.25, 0.3) is 0 Å². The smallest absolute Gasteiger partial charge is 0.481 e. The van der Waals surface area contributed by atoms with Gasteiger partial charge in [0.05, 0.1) is 13.5 Å². The van der Waals surface area contributed by atoms with Crippen molar-refractivity contribution in [3.05, 3.63) is 17.3 Å². The van der Waals surface area contributed by atoms with Gasteiger partial charge in [0, 0.05) is 5.56 Å². The molecule has 0 saturated heterocycles. The van der Waals surface area contributed by atoms with Gasteiger partial charge < -0.3 is 14.6 Å². The van der Waals surface area contributed by atoms with Gasteiger partial charge in [-0.15, -0.1) is 13.2 Å². The molecule has 21 heavy (non-hydrogen) atoms. The zero-order valence-corrected chi connectivity index (χ0v) is 10.2. The molecule has 1 aromatic rings. The van der Waals surface area contributed by atoms with Crippen LogP contribution >= 0.6 is 0 Å². The summed E-state index contributed by atoms with van der Waals surface area (Å²) in [5, 5.41) is 8.57. The summed E-state index contributed by atoms with van der Waals surface area (Å²) in [6.45, 7) is 0. The highest BCUT2D eigenvalue weighted by Gasteiger charge is 2.38. The van der Waals surface area contributed by atoms with Crippen molar-refractivity contribution < 1.29 is 45.7 Å². The molecule has 0 spiro atoms. The first-order valence-corrected chi connectivity index (χ1v) is 5.06. The van der Waals surface area contributed by atoms with E-state index in [0.717, 1.165) is 7.11 Å². The number of pyridine rings is 1. The maximum absolute atomic E-state index is 12.6. The van der Waals surface area contributed by atoms with Crippen molar-refractivity contribution >= 4 is 5.97 Å². The van der Waals surface area contributed by atoms with E-state index in [9.17, 15) is 31.1 Å². The van der Waals surface area contributed by atoms with E-state index in [1.807, 2.05) is 0 Å². The number of aliphatic carboxylic acids is 1. The second-order valence-corrected chi connectivity index (χ2v) is 3.62. The third kappa shape index (κ3) is 4.68. The molecular formula is C10H7F6NO4. The number of aromatic nitrogens is 1. The fraction of sp³-hybridized carbons (Fsp3) is 0.400. The molecule has 0 amide bonds. The van der Waals surface area contributed by atoms with Crippen LogP contribution < -0.4 is 9.47 Å². The first kappa shape index (κ1) is 16.9. The lowest BCUT2D eigenvalue weighted by atomic mass is 10.1. The van der Waals surface area contributed by atoms with E-state index >= 15 is 0 Å². The topological polar surface area (TPSA) is 68.7 Å². The lowest BCUT2D eigenvalue weighted by Crippen LogP contribution is -2.21. The van der Waals surface area contributed by atoms with Crippen molar-refractivity contribution in [3.63, 3.8) is 0 Å². The van der Waals surface area contributed by atoms with E-state index in [4.69, 9.17) is 5.11 Å². The Morgan fingerprint density at radius 1 is 1.29 bits per heavy atom. The summed E-state index contributed by atoms with van der Waals surface area (Å²) < 4.78 is 82.2.